The number of halogens is 2. The lowest BCUT2D eigenvalue weighted by molar-refractivity contribution is -0.117. The molecule has 0 aromatic heterocycles. The van der Waals surface area contributed by atoms with E-state index >= 15 is 0 Å². The third-order valence-electron chi connectivity index (χ3n) is 3.11. The maximum absolute atomic E-state index is 14.0. The molecule has 0 saturated carbocycles. The third kappa shape index (κ3) is 2.28. The summed E-state index contributed by atoms with van der Waals surface area (Å²) in [7, 11) is 0. The van der Waals surface area contributed by atoms with Crippen molar-refractivity contribution in [3.8, 4) is 0 Å². The predicted molar refractivity (Wildman–Crippen MR) is 62.8 cm³/mol. The lowest BCUT2D eigenvalue weighted by Crippen LogP contribution is -2.27. The van der Waals surface area contributed by atoms with Crippen molar-refractivity contribution in [1.29, 1.82) is 0 Å². The van der Waals surface area contributed by atoms with Gasteiger partial charge in [0.1, 0.15) is 11.4 Å². The van der Waals surface area contributed by atoms with Crippen LogP contribution in [0.25, 0.3) is 0 Å². The quantitative estimate of drug-likeness (QED) is 0.857. The minimum atomic E-state index is -1.71. The number of carboxylic acid groups (broad SMARTS) is 1. The summed E-state index contributed by atoms with van der Waals surface area (Å²) in [6, 6.07) is 1.90. The molecule has 7 heteroatoms. The number of anilines is 1. The van der Waals surface area contributed by atoms with Gasteiger partial charge in [-0.25, -0.2) is 13.6 Å². The molecule has 102 valence electrons. The van der Waals surface area contributed by atoms with Gasteiger partial charge in [0.15, 0.2) is 5.82 Å². The van der Waals surface area contributed by atoms with Crippen LogP contribution in [-0.4, -0.2) is 30.1 Å². The van der Waals surface area contributed by atoms with Crippen molar-refractivity contribution in [2.45, 2.75) is 6.42 Å². The molecule has 1 heterocycles. The molecule has 3 N–H and O–H groups in total. The Kier molecular flexibility index (Phi) is 3.48. The molecule has 1 saturated heterocycles. The first kappa shape index (κ1) is 13.4. The van der Waals surface area contributed by atoms with Gasteiger partial charge >= 0.3 is 5.97 Å². The van der Waals surface area contributed by atoms with Crippen LogP contribution >= 0.6 is 0 Å². The number of aromatic carboxylic acids is 1. The molecule has 1 unspecified atom stereocenters. The number of hydrogen-bond donors (Lipinski definition) is 2. The number of nitrogens with two attached hydrogens (primary N) is 1. The van der Waals surface area contributed by atoms with E-state index in [1.807, 2.05) is 0 Å². The second kappa shape index (κ2) is 4.93. The first-order chi connectivity index (χ1) is 8.95. The summed E-state index contributed by atoms with van der Waals surface area (Å²) in [5, 5.41) is 8.77. The molecule has 1 aromatic rings. The van der Waals surface area contributed by atoms with E-state index < -0.39 is 23.2 Å². The van der Waals surface area contributed by atoms with Gasteiger partial charge in [0.05, 0.1) is 5.69 Å². The van der Waals surface area contributed by atoms with Crippen molar-refractivity contribution < 1.29 is 23.5 Å². The Morgan fingerprint density at radius 1 is 1.47 bits per heavy atom. The highest BCUT2D eigenvalue weighted by atomic mass is 19.1. The maximum Gasteiger partial charge on any atom is 0.341 e. The van der Waals surface area contributed by atoms with Crippen LogP contribution in [0.3, 0.4) is 0 Å². The second-order valence-electron chi connectivity index (χ2n) is 4.37. The van der Waals surface area contributed by atoms with Crippen LogP contribution in [0.15, 0.2) is 12.1 Å². The molecule has 2 rings (SSSR count). The van der Waals surface area contributed by atoms with E-state index in [0.717, 1.165) is 17.0 Å². The fourth-order valence-electron chi connectivity index (χ4n) is 2.12. The van der Waals surface area contributed by atoms with Crippen LogP contribution in [0.4, 0.5) is 14.5 Å². The summed E-state index contributed by atoms with van der Waals surface area (Å²) in [6.07, 6.45) is 0.176. The van der Waals surface area contributed by atoms with E-state index in [0.29, 0.717) is 0 Å². The van der Waals surface area contributed by atoms with Gasteiger partial charge in [-0.2, -0.15) is 0 Å². The number of rotatable bonds is 3. The van der Waals surface area contributed by atoms with Gasteiger partial charge in [-0.1, -0.05) is 0 Å². The van der Waals surface area contributed by atoms with Gasteiger partial charge in [0.2, 0.25) is 5.91 Å². The van der Waals surface area contributed by atoms with Gasteiger partial charge in [-0.05, 0) is 24.6 Å². The van der Waals surface area contributed by atoms with E-state index in [2.05, 4.69) is 0 Å². The number of carbonyl (C=O) groups excluding carboxylic acids is 1. The first-order valence-electron chi connectivity index (χ1n) is 5.67. The number of benzene rings is 1. The monoisotopic (exact) mass is 270 g/mol. The molecule has 1 atom stereocenters. The van der Waals surface area contributed by atoms with Crippen molar-refractivity contribution in [2.75, 3.05) is 18.0 Å². The summed E-state index contributed by atoms with van der Waals surface area (Å²) < 4.78 is 27.3. The maximum atomic E-state index is 14.0. The minimum absolute atomic E-state index is 0.106. The Morgan fingerprint density at radius 3 is 2.68 bits per heavy atom. The minimum Gasteiger partial charge on any atom is -0.477 e. The average Bonchev–Trinajstić information content (AvgIpc) is 2.70. The standard InChI is InChI=1S/C12H12F2N2O3/c13-7-1-2-8(11(14)10(7)12(18)19)16-5-6(4-15)3-9(16)17/h1-2,6H,3-5,15H2,(H,18,19). The zero-order valence-electron chi connectivity index (χ0n) is 9.90. The van der Waals surface area contributed by atoms with Crippen LogP contribution in [0, 0.1) is 17.6 Å². The summed E-state index contributed by atoms with van der Waals surface area (Å²) in [6.45, 7) is 0.480. The molecular formula is C12H12F2N2O3. The van der Waals surface area contributed by atoms with Gasteiger partial charge in [-0.15, -0.1) is 0 Å². The fraction of sp³-hybridized carbons (Fsp3) is 0.333. The van der Waals surface area contributed by atoms with Crippen LogP contribution < -0.4 is 10.6 Å². The molecule has 0 bridgehead atoms. The first-order valence-corrected chi connectivity index (χ1v) is 5.67. The molecule has 1 amide bonds. The Labute approximate surface area is 107 Å². The lowest BCUT2D eigenvalue weighted by atomic mass is 10.1. The van der Waals surface area contributed by atoms with Gasteiger partial charge in [-0.3, -0.25) is 4.79 Å². The highest BCUT2D eigenvalue weighted by Gasteiger charge is 2.33. The Morgan fingerprint density at radius 2 is 2.16 bits per heavy atom. The van der Waals surface area contributed by atoms with E-state index in [-0.39, 0.29) is 37.0 Å². The Bertz CT molecular complexity index is 548. The van der Waals surface area contributed by atoms with Crippen molar-refractivity contribution >= 4 is 17.6 Å². The van der Waals surface area contributed by atoms with Crippen LogP contribution in [0.2, 0.25) is 0 Å². The summed E-state index contributed by atoms with van der Waals surface area (Å²) in [5.74, 6) is -4.57. The second-order valence-corrected chi connectivity index (χ2v) is 4.37. The molecule has 0 aliphatic carbocycles. The van der Waals surface area contributed by atoms with E-state index in [1.165, 1.54) is 0 Å². The average molecular weight is 270 g/mol. The number of carboxylic acids is 1. The van der Waals surface area contributed by atoms with E-state index in [9.17, 15) is 18.4 Å². The highest BCUT2D eigenvalue weighted by molar-refractivity contribution is 5.98. The number of hydrogen-bond acceptors (Lipinski definition) is 3. The van der Waals surface area contributed by atoms with Crippen molar-refractivity contribution in [3.05, 3.63) is 29.3 Å². The van der Waals surface area contributed by atoms with E-state index in [4.69, 9.17) is 10.8 Å². The van der Waals surface area contributed by atoms with Gasteiger partial charge in [0.25, 0.3) is 0 Å². The van der Waals surface area contributed by atoms with Crippen LogP contribution in [0.5, 0.6) is 0 Å². The molecule has 1 aliphatic rings. The molecule has 1 fully saturated rings. The smallest absolute Gasteiger partial charge is 0.341 e. The molecule has 1 aliphatic heterocycles. The number of carbonyl (C=O) groups is 2. The normalized spacial score (nSPS) is 19.0. The molecule has 0 spiro atoms. The molecular weight excluding hydrogens is 258 g/mol. The van der Waals surface area contributed by atoms with Gasteiger partial charge < -0.3 is 15.7 Å². The summed E-state index contributed by atoms with van der Waals surface area (Å²) in [5.41, 5.74) is 4.17. The van der Waals surface area contributed by atoms with Crippen molar-refractivity contribution in [3.63, 3.8) is 0 Å². The fourth-order valence-corrected chi connectivity index (χ4v) is 2.12. The Balaban J connectivity index is 2.44. The van der Waals surface area contributed by atoms with Crippen LogP contribution in [-0.2, 0) is 4.79 Å². The van der Waals surface area contributed by atoms with Crippen molar-refractivity contribution in [2.24, 2.45) is 11.7 Å². The number of amides is 1. The van der Waals surface area contributed by atoms with Crippen LogP contribution in [0.1, 0.15) is 16.8 Å². The zero-order valence-corrected chi connectivity index (χ0v) is 9.90. The SMILES string of the molecule is NCC1CC(=O)N(c2ccc(F)c(C(=O)O)c2F)C1. The lowest BCUT2D eigenvalue weighted by Gasteiger charge is -2.18. The summed E-state index contributed by atoms with van der Waals surface area (Å²) in [4.78, 5) is 23.6. The molecule has 5 nitrogen and oxygen atoms in total. The van der Waals surface area contributed by atoms with E-state index in [1.54, 1.807) is 0 Å². The van der Waals surface area contributed by atoms with Crippen molar-refractivity contribution in [1.82, 2.24) is 0 Å². The predicted octanol–water partition coefficient (Wildman–Crippen LogP) is 0.975. The zero-order chi connectivity index (χ0) is 14.2. The molecule has 19 heavy (non-hydrogen) atoms. The Hall–Kier alpha value is -2.02. The largest absolute Gasteiger partial charge is 0.477 e. The third-order valence-corrected chi connectivity index (χ3v) is 3.11. The summed E-state index contributed by atoms with van der Waals surface area (Å²) >= 11 is 0. The highest BCUT2D eigenvalue weighted by Crippen LogP contribution is 2.29. The molecule has 1 aromatic carbocycles. The number of nitrogens with zero attached hydrogens (tertiary/aromatic N) is 1. The van der Waals surface area contributed by atoms with Gasteiger partial charge in [0, 0.05) is 13.0 Å². The molecule has 0 radical (unpaired) electrons. The topological polar surface area (TPSA) is 83.6 Å².